The number of nitrogens with zero attached hydrogens (tertiary/aromatic N) is 1. The Balaban J connectivity index is -0.0000000658. The maximum atomic E-state index is 7.50. The first kappa shape index (κ1) is 24.1. The van der Waals surface area contributed by atoms with Crippen molar-refractivity contribution < 1.29 is 35.6 Å². The van der Waals surface area contributed by atoms with Gasteiger partial charge in [0.15, 0.2) is 0 Å². The molecular formula is C11H9NO3W-2. The van der Waals surface area contributed by atoms with Crippen LogP contribution in [0.2, 0.25) is 0 Å². The summed E-state index contributed by atoms with van der Waals surface area (Å²) in [7, 11) is 0. The van der Waals surface area contributed by atoms with Gasteiger partial charge in [-0.3, -0.25) is 0 Å². The predicted molar refractivity (Wildman–Crippen MR) is 52.2 cm³/mol. The Morgan fingerprint density at radius 2 is 1.69 bits per heavy atom. The molecule has 0 amide bonds. The summed E-state index contributed by atoms with van der Waals surface area (Å²) in [6.45, 7) is 14.1. The second-order valence-electron chi connectivity index (χ2n) is 1.64. The van der Waals surface area contributed by atoms with E-state index in [0.717, 1.165) is 0 Å². The van der Waals surface area contributed by atoms with E-state index in [2.05, 4.69) is 49.3 Å². The zero-order chi connectivity index (χ0) is 12.5. The summed E-state index contributed by atoms with van der Waals surface area (Å²) in [5, 5.41) is 9.38. The second kappa shape index (κ2) is 29.2. The Hall–Kier alpha value is -1.27. The van der Waals surface area contributed by atoms with E-state index in [1.165, 1.54) is 6.08 Å². The Morgan fingerprint density at radius 1 is 1.31 bits per heavy atom. The van der Waals surface area contributed by atoms with Crippen LogP contribution >= 0.6 is 0 Å². The van der Waals surface area contributed by atoms with Gasteiger partial charge in [-0.1, -0.05) is 6.58 Å². The smallest absolute Gasteiger partial charge is 0.999 e. The van der Waals surface area contributed by atoms with Crippen LogP contribution in [0.25, 0.3) is 0 Å². The van der Waals surface area contributed by atoms with Crippen LogP contribution in [0.4, 0.5) is 0 Å². The van der Waals surface area contributed by atoms with Gasteiger partial charge < -0.3 is 35.5 Å². The molecule has 0 aliphatic rings. The summed E-state index contributed by atoms with van der Waals surface area (Å²) >= 11 is 0. The molecule has 5 heteroatoms. The monoisotopic (exact) mass is 387 g/mol. The fourth-order valence-corrected chi connectivity index (χ4v) is 0.226. The molecule has 1 aromatic carbocycles. The third kappa shape index (κ3) is 29.3. The average Bonchev–Trinajstić information content (AvgIpc) is 2.92. The summed E-state index contributed by atoms with van der Waals surface area (Å²) < 4.78 is 15.0. The summed E-state index contributed by atoms with van der Waals surface area (Å²) in [6, 6.07) is 12.0. The molecule has 0 heterocycles. The summed E-state index contributed by atoms with van der Waals surface area (Å²) in [4.78, 5) is 0. The van der Waals surface area contributed by atoms with Crippen molar-refractivity contribution in [3.8, 4) is 0 Å². The molecule has 0 radical (unpaired) electrons. The molecule has 84 valence electrons. The topological polar surface area (TPSA) is 75.1 Å². The number of hydrogen-bond donors (Lipinski definition) is 0. The van der Waals surface area contributed by atoms with Crippen LogP contribution in [0.1, 0.15) is 6.92 Å². The average molecular weight is 387 g/mol. The van der Waals surface area contributed by atoms with Gasteiger partial charge >= 0.3 is 43.7 Å². The Morgan fingerprint density at radius 3 is 1.75 bits per heavy atom. The molecule has 0 aromatic heterocycles. The van der Waals surface area contributed by atoms with Crippen molar-refractivity contribution in [2.75, 3.05) is 0 Å². The Labute approximate surface area is 110 Å². The van der Waals surface area contributed by atoms with Gasteiger partial charge in [0, 0.05) is 0 Å². The van der Waals surface area contributed by atoms with Crippen LogP contribution < -0.4 is 0 Å². The van der Waals surface area contributed by atoms with Crippen LogP contribution in [0, 0.1) is 37.6 Å². The quantitative estimate of drug-likeness (QED) is 0.296. The van der Waals surface area contributed by atoms with Crippen LogP contribution in [0.15, 0.2) is 23.9 Å². The molecule has 0 saturated carbocycles. The van der Waals surface area contributed by atoms with E-state index in [-0.39, 0.29) is 21.1 Å². The van der Waals surface area contributed by atoms with E-state index in [1.807, 2.05) is 0 Å². The SMILES string of the molecule is C=CC(C)=N[OH2+].[C-]#[O+].[C-]#[O+].[W+2].[c-]1[c-][c-][cH-][c-]1. The second-order valence-corrected chi connectivity index (χ2v) is 1.64. The van der Waals surface area contributed by atoms with Crippen molar-refractivity contribution in [2.24, 2.45) is 5.16 Å². The largest absolute Gasteiger partial charge is 2.00 e. The van der Waals surface area contributed by atoms with E-state index < -0.39 is 0 Å². The first-order valence-corrected chi connectivity index (χ1v) is 3.38. The minimum atomic E-state index is 0. The Bertz CT molecular complexity index is 253. The minimum absolute atomic E-state index is 0. The number of rotatable bonds is 1. The molecule has 0 atom stereocenters. The number of hydrogen-bond acceptors (Lipinski definition) is 1. The third-order valence-corrected chi connectivity index (χ3v) is 0.823. The van der Waals surface area contributed by atoms with Gasteiger partial charge in [0.1, 0.15) is 5.71 Å². The zero-order valence-corrected chi connectivity index (χ0v) is 11.5. The van der Waals surface area contributed by atoms with E-state index in [9.17, 15) is 0 Å². The fraction of sp³-hybridized carbons (Fsp3) is 0.0909. The molecule has 16 heavy (non-hydrogen) atoms. The molecule has 0 saturated heterocycles. The van der Waals surface area contributed by atoms with Gasteiger partial charge in [0.25, 0.3) is 0 Å². The van der Waals surface area contributed by atoms with Crippen LogP contribution in [-0.4, -0.2) is 10.9 Å². The van der Waals surface area contributed by atoms with E-state index in [0.29, 0.717) is 5.71 Å². The van der Waals surface area contributed by atoms with Crippen LogP contribution in [0.3, 0.4) is 0 Å². The van der Waals surface area contributed by atoms with E-state index >= 15 is 0 Å². The maximum absolute atomic E-state index is 7.50. The van der Waals surface area contributed by atoms with Crippen LogP contribution in [-0.2, 0) is 30.4 Å². The standard InChI is InChI=1S/C5H.C4H7NO.2CO.W/c1-2-4-5-3-1;1-3-4(2)5-6;2*1-2;/h1H;3,6H,1H2,2H3;;;/q-5;;;;+2/p+1. The van der Waals surface area contributed by atoms with E-state index in [4.69, 9.17) is 14.5 Å². The van der Waals surface area contributed by atoms with Crippen molar-refractivity contribution in [1.29, 1.82) is 0 Å². The molecule has 2 N–H and O–H groups in total. The van der Waals surface area contributed by atoms with Gasteiger partial charge in [0.2, 0.25) is 0 Å². The van der Waals surface area contributed by atoms with Crippen molar-refractivity contribution in [1.82, 2.24) is 0 Å². The normalized spacial score (nSPS) is 6.94. The van der Waals surface area contributed by atoms with Gasteiger partial charge in [-0.15, -0.1) is 0 Å². The maximum Gasteiger partial charge on any atom is 2.00 e. The van der Waals surface area contributed by atoms with Crippen LogP contribution in [0.5, 0.6) is 0 Å². The molecule has 1 aromatic rings. The summed E-state index contributed by atoms with van der Waals surface area (Å²) in [6.07, 6.45) is 1.53. The predicted octanol–water partition coefficient (Wildman–Crippen LogP) is 0.802. The molecule has 0 aliphatic heterocycles. The molecule has 0 spiro atoms. The van der Waals surface area contributed by atoms with Crippen molar-refractivity contribution >= 4 is 5.71 Å². The van der Waals surface area contributed by atoms with Crippen molar-refractivity contribution in [3.05, 3.63) is 56.3 Å². The molecule has 0 fully saturated rings. The molecule has 0 unspecified atom stereocenters. The zero-order valence-electron chi connectivity index (χ0n) is 8.53. The molecule has 0 bridgehead atoms. The summed E-state index contributed by atoms with van der Waals surface area (Å²) in [5.41, 5.74) is 0.648. The van der Waals surface area contributed by atoms with Crippen molar-refractivity contribution in [3.63, 3.8) is 0 Å². The molecule has 0 aliphatic carbocycles. The number of allylic oxidation sites excluding steroid dienone is 1. The first-order valence-electron chi connectivity index (χ1n) is 3.38. The first-order chi connectivity index (χ1) is 7.31. The Kier molecular flexibility index (Phi) is 44.0. The third-order valence-electron chi connectivity index (χ3n) is 0.823. The van der Waals surface area contributed by atoms with Gasteiger partial charge in [-0.2, -0.15) is 0 Å². The molecule has 1 rings (SSSR count). The van der Waals surface area contributed by atoms with Gasteiger partial charge in [0.05, 0.1) is 5.16 Å². The van der Waals surface area contributed by atoms with Gasteiger partial charge in [-0.25, -0.2) is 0 Å². The van der Waals surface area contributed by atoms with Crippen molar-refractivity contribution in [2.45, 2.75) is 6.92 Å². The van der Waals surface area contributed by atoms with E-state index in [1.54, 1.807) is 13.0 Å². The summed E-state index contributed by atoms with van der Waals surface area (Å²) in [5.74, 6) is 0. The molecular weight excluding hydrogens is 378 g/mol. The minimum Gasteiger partial charge on any atom is -0.999 e. The van der Waals surface area contributed by atoms with Gasteiger partial charge in [-0.05, 0) is 13.0 Å². The molecule has 4 nitrogen and oxygen atoms in total. The fourth-order valence-electron chi connectivity index (χ4n) is 0.226.